The minimum absolute atomic E-state index is 0.0129. The number of hydrogen-bond donors (Lipinski definition) is 1. The van der Waals surface area contributed by atoms with E-state index in [1.54, 1.807) is 0 Å². The average Bonchev–Trinajstić information content (AvgIpc) is 3.56. The molecule has 1 unspecified atom stereocenters. The summed E-state index contributed by atoms with van der Waals surface area (Å²) in [7, 11) is 0. The summed E-state index contributed by atoms with van der Waals surface area (Å²) in [6.07, 6.45) is 1.96. The Morgan fingerprint density at radius 2 is 1.79 bits per heavy atom. The van der Waals surface area contributed by atoms with Crippen molar-refractivity contribution in [1.29, 1.82) is 0 Å². The van der Waals surface area contributed by atoms with Gasteiger partial charge in [-0.1, -0.05) is 90.0 Å². The molecule has 0 radical (unpaired) electrons. The van der Waals surface area contributed by atoms with Crippen LogP contribution < -0.4 is 9.64 Å². The predicted molar refractivity (Wildman–Crippen MR) is 168 cm³/mol. The molecular formula is C32H30ClN3O4S2. The number of ether oxygens (including phenoxy) is 1. The maximum atomic E-state index is 13.6. The van der Waals surface area contributed by atoms with Crippen LogP contribution in [0, 0.1) is 13.8 Å². The van der Waals surface area contributed by atoms with Gasteiger partial charge in [0.2, 0.25) is 5.13 Å². The van der Waals surface area contributed by atoms with E-state index in [1.807, 2.05) is 80.6 Å². The Morgan fingerprint density at radius 1 is 1.05 bits per heavy atom. The number of halogens is 1. The van der Waals surface area contributed by atoms with Gasteiger partial charge < -0.3 is 9.84 Å². The molecule has 10 heteroatoms. The van der Waals surface area contributed by atoms with Crippen molar-refractivity contribution in [3.05, 3.63) is 105 Å². The van der Waals surface area contributed by atoms with Crippen molar-refractivity contribution in [2.24, 2.45) is 0 Å². The smallest absolute Gasteiger partial charge is 0.301 e. The Morgan fingerprint density at radius 3 is 2.50 bits per heavy atom. The Hall–Kier alpha value is -3.66. The molecule has 3 aromatic carbocycles. The predicted octanol–water partition coefficient (Wildman–Crippen LogP) is 7.91. The summed E-state index contributed by atoms with van der Waals surface area (Å²) in [6.45, 7) is 6.47. The molecule has 216 valence electrons. The van der Waals surface area contributed by atoms with E-state index >= 15 is 0 Å². The van der Waals surface area contributed by atoms with Crippen LogP contribution in [0.2, 0.25) is 5.02 Å². The van der Waals surface area contributed by atoms with E-state index < -0.39 is 17.7 Å². The molecule has 7 nitrogen and oxygen atoms in total. The van der Waals surface area contributed by atoms with Crippen LogP contribution in [0.4, 0.5) is 5.13 Å². The van der Waals surface area contributed by atoms with Crippen molar-refractivity contribution < 1.29 is 19.4 Å². The third kappa shape index (κ3) is 6.38. The van der Waals surface area contributed by atoms with Crippen LogP contribution in [0.15, 0.2) is 76.6 Å². The van der Waals surface area contributed by atoms with E-state index in [0.717, 1.165) is 29.5 Å². The van der Waals surface area contributed by atoms with Gasteiger partial charge in [-0.25, -0.2) is 0 Å². The maximum absolute atomic E-state index is 13.6. The normalized spacial score (nSPS) is 16.3. The van der Waals surface area contributed by atoms with Crippen molar-refractivity contribution in [3.8, 4) is 5.75 Å². The van der Waals surface area contributed by atoms with Crippen LogP contribution in [0.3, 0.4) is 0 Å². The second kappa shape index (κ2) is 13.1. The topological polar surface area (TPSA) is 92.6 Å². The number of benzene rings is 3. The second-order valence-corrected chi connectivity index (χ2v) is 12.6. The Labute approximate surface area is 258 Å². The lowest BCUT2D eigenvalue weighted by Crippen LogP contribution is -2.29. The molecular weight excluding hydrogens is 590 g/mol. The molecule has 1 aliphatic rings. The van der Waals surface area contributed by atoms with Gasteiger partial charge in [0.15, 0.2) is 4.34 Å². The van der Waals surface area contributed by atoms with Crippen molar-refractivity contribution >= 4 is 57.3 Å². The fourth-order valence-electron chi connectivity index (χ4n) is 4.65. The largest absolute Gasteiger partial charge is 0.507 e. The molecule has 1 aliphatic heterocycles. The summed E-state index contributed by atoms with van der Waals surface area (Å²) in [4.78, 5) is 28.5. The van der Waals surface area contributed by atoms with Gasteiger partial charge in [0, 0.05) is 16.3 Å². The lowest BCUT2D eigenvalue weighted by Gasteiger charge is -2.23. The Bertz CT molecular complexity index is 1630. The summed E-state index contributed by atoms with van der Waals surface area (Å²) < 4.78 is 6.47. The number of aliphatic hydroxyl groups excluding tert-OH is 1. The summed E-state index contributed by atoms with van der Waals surface area (Å²) in [5.41, 5.74) is 3.95. The third-order valence-electron chi connectivity index (χ3n) is 6.93. The molecule has 5 rings (SSSR count). The van der Waals surface area contributed by atoms with Crippen LogP contribution in [-0.4, -0.2) is 33.6 Å². The number of aryl methyl sites for hydroxylation is 2. The van der Waals surface area contributed by atoms with E-state index in [9.17, 15) is 14.7 Å². The molecule has 1 saturated heterocycles. The molecule has 0 aliphatic carbocycles. The molecule has 4 aromatic rings. The number of anilines is 1. The first-order valence-electron chi connectivity index (χ1n) is 13.6. The Balaban J connectivity index is 1.53. The minimum atomic E-state index is -0.892. The van der Waals surface area contributed by atoms with E-state index in [-0.39, 0.29) is 16.5 Å². The quantitative estimate of drug-likeness (QED) is 0.0481. The third-order valence-corrected chi connectivity index (χ3v) is 9.31. The lowest BCUT2D eigenvalue weighted by atomic mass is 9.93. The molecule has 1 amide bonds. The number of hydrogen-bond acceptors (Lipinski definition) is 8. The highest BCUT2D eigenvalue weighted by atomic mass is 35.5. The number of unbranched alkanes of at least 4 members (excludes halogenated alkanes) is 1. The number of amides is 1. The molecule has 42 heavy (non-hydrogen) atoms. The van der Waals surface area contributed by atoms with Crippen molar-refractivity contribution in [3.63, 3.8) is 0 Å². The zero-order valence-electron chi connectivity index (χ0n) is 23.5. The molecule has 1 atom stereocenters. The van der Waals surface area contributed by atoms with Crippen LogP contribution in [0.1, 0.15) is 53.6 Å². The Kier molecular flexibility index (Phi) is 9.30. The van der Waals surface area contributed by atoms with Gasteiger partial charge >= 0.3 is 5.91 Å². The van der Waals surface area contributed by atoms with Gasteiger partial charge in [-0.3, -0.25) is 14.5 Å². The van der Waals surface area contributed by atoms with Crippen LogP contribution in [0.5, 0.6) is 5.75 Å². The van der Waals surface area contributed by atoms with E-state index in [1.165, 1.54) is 28.0 Å². The van der Waals surface area contributed by atoms with Crippen molar-refractivity contribution in [2.45, 2.75) is 49.7 Å². The monoisotopic (exact) mass is 619 g/mol. The minimum Gasteiger partial charge on any atom is -0.507 e. The number of rotatable bonds is 10. The summed E-state index contributed by atoms with van der Waals surface area (Å²) in [5.74, 6) is -0.421. The van der Waals surface area contributed by atoms with Crippen LogP contribution in [0.25, 0.3) is 5.76 Å². The van der Waals surface area contributed by atoms with E-state index in [4.69, 9.17) is 16.3 Å². The number of Topliss-reactive ketones (excluding diaryl/α,β-unsaturated/α-hetero) is 1. The fraction of sp³-hybridized carbons (Fsp3) is 0.250. The number of carbonyl (C=O) groups is 2. The van der Waals surface area contributed by atoms with Gasteiger partial charge in [0.25, 0.3) is 5.78 Å². The first kappa shape index (κ1) is 29.8. The highest BCUT2D eigenvalue weighted by Gasteiger charge is 2.48. The average molecular weight is 620 g/mol. The number of aromatic nitrogens is 2. The number of carbonyl (C=O) groups excluding carboxylic acids is 2. The molecule has 0 saturated carbocycles. The molecule has 0 bridgehead atoms. The fourth-order valence-corrected chi connectivity index (χ4v) is 6.60. The highest BCUT2D eigenvalue weighted by molar-refractivity contribution is 8.00. The van der Waals surface area contributed by atoms with Gasteiger partial charge in [0.1, 0.15) is 11.5 Å². The first-order chi connectivity index (χ1) is 20.3. The number of aliphatic hydroxyl groups is 1. The number of thioether (sulfide) groups is 1. The van der Waals surface area contributed by atoms with Crippen LogP contribution in [-0.2, 0) is 15.3 Å². The van der Waals surface area contributed by atoms with E-state index in [2.05, 4.69) is 17.1 Å². The van der Waals surface area contributed by atoms with Gasteiger partial charge in [-0.05, 0) is 67.3 Å². The maximum Gasteiger partial charge on any atom is 0.301 e. The lowest BCUT2D eigenvalue weighted by molar-refractivity contribution is -0.132. The summed E-state index contributed by atoms with van der Waals surface area (Å²) >= 11 is 8.71. The second-order valence-electron chi connectivity index (χ2n) is 10.0. The zero-order chi connectivity index (χ0) is 29.8. The molecule has 0 spiro atoms. The molecule has 1 N–H and O–H groups in total. The molecule has 1 fully saturated rings. The van der Waals surface area contributed by atoms with Gasteiger partial charge in [0.05, 0.1) is 18.2 Å². The van der Waals surface area contributed by atoms with Crippen molar-refractivity contribution in [1.82, 2.24) is 10.2 Å². The molecule has 2 heterocycles. The summed E-state index contributed by atoms with van der Waals surface area (Å²) in [5, 5.41) is 21.1. The SMILES string of the molecule is CCCCOc1ccc(C2C(=C(O)c3cc(C)ccc3C)C(=O)C(=O)N2c2nnc(SCc3ccc(Cl)cc3)s2)cc1. The van der Waals surface area contributed by atoms with Gasteiger partial charge in [-0.15, -0.1) is 10.2 Å². The molecule has 1 aromatic heterocycles. The van der Waals surface area contributed by atoms with Crippen molar-refractivity contribution in [2.75, 3.05) is 11.5 Å². The van der Waals surface area contributed by atoms with Gasteiger partial charge in [-0.2, -0.15) is 0 Å². The number of nitrogens with zero attached hydrogens (tertiary/aromatic N) is 3. The first-order valence-corrected chi connectivity index (χ1v) is 15.8. The van der Waals surface area contributed by atoms with E-state index in [0.29, 0.717) is 38.6 Å². The standard InChI is InChI=1S/C32H30ClN3O4S2/c1-4-5-16-40-24-14-10-22(11-15-24)27-26(28(37)25-17-19(2)6-7-20(25)3)29(38)30(39)36(27)31-34-35-32(42-31)41-18-21-8-12-23(33)13-9-21/h6-15,17,27,37H,4-5,16,18H2,1-3H3. The highest BCUT2D eigenvalue weighted by Crippen LogP contribution is 2.44. The van der Waals surface area contributed by atoms with Crippen LogP contribution >= 0.6 is 34.7 Å². The zero-order valence-corrected chi connectivity index (χ0v) is 25.9. The summed E-state index contributed by atoms with van der Waals surface area (Å²) in [6, 6.07) is 19.6. The number of ketones is 1.